The number of nitrogens with zero attached hydrogens (tertiary/aromatic N) is 1. The standard InChI is InChI=1S/C9H18N2O3/c1-10-9(14-3)4-6-11(7-5-9)8(12)13-2/h10H,4-7H2,1-3H3. The first-order valence-corrected chi connectivity index (χ1v) is 4.74. The Morgan fingerprint density at radius 3 is 2.29 bits per heavy atom. The van der Waals surface area contributed by atoms with Gasteiger partial charge in [-0.15, -0.1) is 0 Å². The SMILES string of the molecule is CNC1(OC)CCN(C(=O)OC)CC1. The lowest BCUT2D eigenvalue weighted by atomic mass is 10.0. The van der Waals surface area contributed by atoms with Crippen LogP contribution in [0.3, 0.4) is 0 Å². The summed E-state index contributed by atoms with van der Waals surface area (Å²) in [6.07, 6.45) is 1.32. The van der Waals surface area contributed by atoms with E-state index in [2.05, 4.69) is 10.1 Å². The van der Waals surface area contributed by atoms with Crippen LogP contribution in [0.25, 0.3) is 0 Å². The highest BCUT2D eigenvalue weighted by Gasteiger charge is 2.34. The fourth-order valence-corrected chi connectivity index (χ4v) is 1.74. The van der Waals surface area contributed by atoms with E-state index in [-0.39, 0.29) is 11.8 Å². The van der Waals surface area contributed by atoms with Crippen LogP contribution >= 0.6 is 0 Å². The second-order valence-electron chi connectivity index (χ2n) is 3.41. The highest BCUT2D eigenvalue weighted by Crippen LogP contribution is 2.22. The van der Waals surface area contributed by atoms with Crippen molar-refractivity contribution in [1.29, 1.82) is 0 Å². The Kier molecular flexibility index (Phi) is 3.71. The molecular weight excluding hydrogens is 184 g/mol. The zero-order valence-corrected chi connectivity index (χ0v) is 9.00. The molecule has 1 amide bonds. The number of nitrogens with one attached hydrogen (secondary N) is 1. The Labute approximate surface area is 84.4 Å². The van der Waals surface area contributed by atoms with Gasteiger partial charge in [0, 0.05) is 33.0 Å². The normalized spacial score (nSPS) is 20.6. The van der Waals surface area contributed by atoms with Gasteiger partial charge in [-0.25, -0.2) is 4.79 Å². The number of likely N-dealkylation sites (tertiary alicyclic amines) is 1. The molecule has 5 nitrogen and oxygen atoms in total. The zero-order valence-electron chi connectivity index (χ0n) is 9.00. The van der Waals surface area contributed by atoms with Crippen molar-refractivity contribution in [3.63, 3.8) is 0 Å². The van der Waals surface area contributed by atoms with Crippen LogP contribution in [0.5, 0.6) is 0 Å². The van der Waals surface area contributed by atoms with Gasteiger partial charge in [0.15, 0.2) is 0 Å². The van der Waals surface area contributed by atoms with Gasteiger partial charge in [0.05, 0.1) is 7.11 Å². The van der Waals surface area contributed by atoms with E-state index in [1.807, 2.05) is 7.05 Å². The Bertz CT molecular complexity index is 194. The summed E-state index contributed by atoms with van der Waals surface area (Å²) in [6, 6.07) is 0. The minimum Gasteiger partial charge on any atom is -0.453 e. The second kappa shape index (κ2) is 4.61. The van der Waals surface area contributed by atoms with Crippen LogP contribution in [0.15, 0.2) is 0 Å². The van der Waals surface area contributed by atoms with Crippen molar-refractivity contribution in [2.24, 2.45) is 0 Å². The number of methoxy groups -OCH3 is 2. The average Bonchev–Trinajstić information content (AvgIpc) is 2.28. The summed E-state index contributed by atoms with van der Waals surface area (Å²) in [4.78, 5) is 12.9. The number of piperidine rings is 1. The van der Waals surface area contributed by atoms with Crippen molar-refractivity contribution in [1.82, 2.24) is 10.2 Å². The molecule has 1 fully saturated rings. The Hall–Kier alpha value is -0.810. The van der Waals surface area contributed by atoms with Crippen molar-refractivity contribution in [3.8, 4) is 0 Å². The number of rotatable bonds is 2. The van der Waals surface area contributed by atoms with E-state index in [0.29, 0.717) is 13.1 Å². The first kappa shape index (κ1) is 11.3. The minimum atomic E-state index is -0.273. The van der Waals surface area contributed by atoms with E-state index < -0.39 is 0 Å². The zero-order chi connectivity index (χ0) is 10.6. The van der Waals surface area contributed by atoms with E-state index in [1.54, 1.807) is 12.0 Å². The molecule has 0 saturated carbocycles. The molecule has 5 heteroatoms. The molecule has 1 aliphatic rings. The van der Waals surface area contributed by atoms with Gasteiger partial charge < -0.3 is 14.4 Å². The Balaban J connectivity index is 2.48. The maximum atomic E-state index is 11.2. The van der Waals surface area contributed by atoms with Crippen molar-refractivity contribution in [2.45, 2.75) is 18.6 Å². The van der Waals surface area contributed by atoms with E-state index in [4.69, 9.17) is 4.74 Å². The van der Waals surface area contributed by atoms with Crippen LogP contribution in [0.4, 0.5) is 4.79 Å². The Morgan fingerprint density at radius 2 is 1.93 bits per heavy atom. The molecule has 0 atom stereocenters. The van der Waals surface area contributed by atoms with Crippen molar-refractivity contribution < 1.29 is 14.3 Å². The van der Waals surface area contributed by atoms with Gasteiger partial charge in [-0.05, 0) is 7.05 Å². The van der Waals surface area contributed by atoms with Crippen molar-refractivity contribution >= 4 is 6.09 Å². The van der Waals surface area contributed by atoms with E-state index in [0.717, 1.165) is 12.8 Å². The molecule has 1 N–H and O–H groups in total. The maximum absolute atomic E-state index is 11.2. The Morgan fingerprint density at radius 1 is 1.36 bits per heavy atom. The molecule has 0 bridgehead atoms. The summed E-state index contributed by atoms with van der Waals surface area (Å²) >= 11 is 0. The molecule has 14 heavy (non-hydrogen) atoms. The van der Waals surface area contributed by atoms with Crippen molar-refractivity contribution in [3.05, 3.63) is 0 Å². The summed E-state index contributed by atoms with van der Waals surface area (Å²) in [5.41, 5.74) is -0.273. The topological polar surface area (TPSA) is 50.8 Å². The molecule has 1 saturated heterocycles. The molecule has 0 aliphatic carbocycles. The van der Waals surface area contributed by atoms with Crippen LogP contribution in [0.1, 0.15) is 12.8 Å². The summed E-state index contributed by atoms with van der Waals surface area (Å²) in [7, 11) is 4.96. The van der Waals surface area contributed by atoms with E-state index >= 15 is 0 Å². The lowest BCUT2D eigenvalue weighted by Crippen LogP contribution is -2.54. The van der Waals surface area contributed by atoms with Gasteiger partial charge in [0.1, 0.15) is 5.72 Å². The number of carbonyl (C=O) groups excluding carboxylic acids is 1. The first-order chi connectivity index (χ1) is 6.67. The van der Waals surface area contributed by atoms with E-state index in [1.165, 1.54) is 7.11 Å². The van der Waals surface area contributed by atoms with E-state index in [9.17, 15) is 4.79 Å². The third kappa shape index (κ3) is 2.16. The van der Waals surface area contributed by atoms with Crippen LogP contribution in [0, 0.1) is 0 Å². The third-order valence-electron chi connectivity index (χ3n) is 2.85. The van der Waals surface area contributed by atoms with Crippen molar-refractivity contribution in [2.75, 3.05) is 34.4 Å². The van der Waals surface area contributed by atoms with Gasteiger partial charge in [-0.3, -0.25) is 5.32 Å². The van der Waals surface area contributed by atoms with Gasteiger partial charge in [-0.1, -0.05) is 0 Å². The highest BCUT2D eigenvalue weighted by molar-refractivity contribution is 5.67. The number of amides is 1. The fraction of sp³-hybridized carbons (Fsp3) is 0.889. The number of hydrogen-bond acceptors (Lipinski definition) is 4. The molecule has 1 rings (SSSR count). The molecular formula is C9H18N2O3. The predicted octanol–water partition coefficient (Wildman–Crippen LogP) is 0.411. The van der Waals surface area contributed by atoms with Crippen LogP contribution in [-0.2, 0) is 9.47 Å². The van der Waals surface area contributed by atoms with Crippen LogP contribution in [0.2, 0.25) is 0 Å². The summed E-state index contributed by atoms with van der Waals surface area (Å²) in [6.45, 7) is 1.34. The molecule has 82 valence electrons. The quantitative estimate of drug-likeness (QED) is 0.659. The number of ether oxygens (including phenoxy) is 2. The molecule has 0 aromatic rings. The molecule has 0 aromatic heterocycles. The molecule has 0 aromatic carbocycles. The fourth-order valence-electron chi connectivity index (χ4n) is 1.74. The van der Waals surface area contributed by atoms with Gasteiger partial charge in [0.25, 0.3) is 0 Å². The van der Waals surface area contributed by atoms with Gasteiger partial charge in [0.2, 0.25) is 0 Å². The van der Waals surface area contributed by atoms with Gasteiger partial charge in [-0.2, -0.15) is 0 Å². The number of carbonyl (C=O) groups is 1. The summed E-state index contributed by atoms with van der Waals surface area (Å²) in [5.74, 6) is 0. The molecule has 0 radical (unpaired) electrons. The third-order valence-corrected chi connectivity index (χ3v) is 2.85. The monoisotopic (exact) mass is 202 g/mol. The summed E-state index contributed by atoms with van der Waals surface area (Å²) in [5, 5.41) is 3.14. The number of hydrogen-bond donors (Lipinski definition) is 1. The lowest BCUT2D eigenvalue weighted by molar-refractivity contribution is -0.0734. The van der Waals surface area contributed by atoms with Gasteiger partial charge >= 0.3 is 6.09 Å². The first-order valence-electron chi connectivity index (χ1n) is 4.74. The molecule has 1 aliphatic heterocycles. The minimum absolute atomic E-state index is 0.259. The van der Waals surface area contributed by atoms with Crippen LogP contribution < -0.4 is 5.32 Å². The molecule has 1 heterocycles. The molecule has 0 unspecified atom stereocenters. The smallest absolute Gasteiger partial charge is 0.409 e. The maximum Gasteiger partial charge on any atom is 0.409 e. The molecule has 0 spiro atoms. The second-order valence-corrected chi connectivity index (χ2v) is 3.41. The summed E-state index contributed by atoms with van der Waals surface area (Å²) < 4.78 is 10.1. The lowest BCUT2D eigenvalue weighted by Gasteiger charge is -2.39. The predicted molar refractivity (Wildman–Crippen MR) is 52.0 cm³/mol. The average molecular weight is 202 g/mol. The van der Waals surface area contributed by atoms with Crippen LogP contribution in [-0.4, -0.2) is 51.1 Å². The highest BCUT2D eigenvalue weighted by atomic mass is 16.5. The largest absolute Gasteiger partial charge is 0.453 e.